The van der Waals surface area contributed by atoms with Crippen LogP contribution in [-0.2, 0) is 9.53 Å². The summed E-state index contributed by atoms with van der Waals surface area (Å²) in [7, 11) is 1.22. The van der Waals surface area contributed by atoms with Crippen molar-refractivity contribution in [1.29, 1.82) is 0 Å². The summed E-state index contributed by atoms with van der Waals surface area (Å²) in [6.45, 7) is 1.38. The number of ether oxygens (including phenoxy) is 1. The second-order valence-electron chi connectivity index (χ2n) is 3.72. The van der Waals surface area contributed by atoms with Gasteiger partial charge in [-0.2, -0.15) is 0 Å². The van der Waals surface area contributed by atoms with Gasteiger partial charge in [0.05, 0.1) is 12.7 Å². The first-order valence-corrected chi connectivity index (χ1v) is 5.39. The zero-order valence-corrected chi connectivity index (χ0v) is 10.5. The number of carbonyl (C=O) groups is 3. The Hall–Kier alpha value is -2.57. The van der Waals surface area contributed by atoms with E-state index in [4.69, 9.17) is 5.11 Å². The number of benzene rings is 1. The first-order chi connectivity index (χ1) is 8.93. The zero-order chi connectivity index (χ0) is 14.4. The summed E-state index contributed by atoms with van der Waals surface area (Å²) in [5.41, 5.74) is 1.13. The highest BCUT2D eigenvalue weighted by Crippen LogP contribution is 2.15. The van der Waals surface area contributed by atoms with Crippen LogP contribution in [0.4, 0.5) is 10.5 Å². The number of hydrogen-bond acceptors (Lipinski definition) is 4. The summed E-state index contributed by atoms with van der Waals surface area (Å²) in [4.78, 5) is 33.0. The van der Waals surface area contributed by atoms with Gasteiger partial charge in [-0.3, -0.25) is 4.79 Å². The van der Waals surface area contributed by atoms with Gasteiger partial charge >= 0.3 is 18.0 Å². The zero-order valence-electron chi connectivity index (χ0n) is 10.5. The van der Waals surface area contributed by atoms with E-state index in [2.05, 4.69) is 15.4 Å². The molecule has 0 unspecified atom stereocenters. The van der Waals surface area contributed by atoms with Crippen LogP contribution in [0, 0.1) is 6.92 Å². The topological polar surface area (TPSA) is 105 Å². The van der Waals surface area contributed by atoms with Crippen molar-refractivity contribution >= 4 is 23.7 Å². The lowest BCUT2D eigenvalue weighted by Gasteiger charge is -2.08. The average Bonchev–Trinajstić information content (AvgIpc) is 2.35. The third kappa shape index (κ3) is 4.30. The number of rotatable bonds is 4. The van der Waals surface area contributed by atoms with Gasteiger partial charge in [0.2, 0.25) is 0 Å². The Bertz CT molecular complexity index is 513. The fourth-order valence-corrected chi connectivity index (χ4v) is 1.38. The van der Waals surface area contributed by atoms with E-state index in [0.29, 0.717) is 11.3 Å². The summed E-state index contributed by atoms with van der Waals surface area (Å²) >= 11 is 0. The molecule has 2 amide bonds. The molecule has 1 aromatic rings. The van der Waals surface area contributed by atoms with E-state index >= 15 is 0 Å². The maximum atomic E-state index is 11.4. The molecule has 7 nitrogen and oxygen atoms in total. The average molecular weight is 266 g/mol. The van der Waals surface area contributed by atoms with Gasteiger partial charge in [-0.25, -0.2) is 9.59 Å². The van der Waals surface area contributed by atoms with E-state index < -0.39 is 18.0 Å². The Morgan fingerprint density at radius 2 is 2.00 bits per heavy atom. The van der Waals surface area contributed by atoms with Crippen molar-refractivity contribution in [1.82, 2.24) is 5.32 Å². The minimum atomic E-state index is -1.03. The van der Waals surface area contributed by atoms with Crippen molar-refractivity contribution < 1.29 is 24.2 Å². The lowest BCUT2D eigenvalue weighted by Crippen LogP contribution is -2.33. The molecule has 0 aliphatic rings. The molecule has 0 saturated heterocycles. The van der Waals surface area contributed by atoms with Gasteiger partial charge < -0.3 is 20.5 Å². The molecule has 1 aromatic carbocycles. The van der Waals surface area contributed by atoms with Crippen molar-refractivity contribution in [2.45, 2.75) is 6.92 Å². The number of hydrogen-bond donors (Lipinski definition) is 3. The molecule has 102 valence electrons. The minimum Gasteiger partial charge on any atom is -0.478 e. The van der Waals surface area contributed by atoms with E-state index in [1.807, 2.05) is 0 Å². The molecule has 0 aliphatic heterocycles. The maximum Gasteiger partial charge on any atom is 0.335 e. The Morgan fingerprint density at radius 1 is 1.32 bits per heavy atom. The van der Waals surface area contributed by atoms with Gasteiger partial charge in [-0.15, -0.1) is 0 Å². The molecule has 0 spiro atoms. The van der Waals surface area contributed by atoms with E-state index in [9.17, 15) is 14.4 Å². The standard InChI is InChI=1S/C12H14N2O5/c1-7-5-8(3-4-9(7)11(16)17)14-12(18)13-6-10(15)19-2/h3-5H,6H2,1-2H3,(H,16,17)(H2,13,14,18). The largest absolute Gasteiger partial charge is 0.478 e. The predicted octanol–water partition coefficient (Wildman–Crippen LogP) is 0.988. The van der Waals surface area contributed by atoms with Crippen LogP contribution < -0.4 is 10.6 Å². The number of urea groups is 1. The minimum absolute atomic E-state index is 0.167. The van der Waals surface area contributed by atoms with Gasteiger partial charge in [0.1, 0.15) is 6.54 Å². The van der Waals surface area contributed by atoms with Gasteiger partial charge in [0.15, 0.2) is 0 Å². The Balaban J connectivity index is 2.63. The smallest absolute Gasteiger partial charge is 0.335 e. The number of aromatic carboxylic acids is 1. The molecular weight excluding hydrogens is 252 g/mol. The number of methoxy groups -OCH3 is 1. The van der Waals surface area contributed by atoms with Crippen molar-refractivity contribution in [3.63, 3.8) is 0 Å². The number of carbonyl (C=O) groups excluding carboxylic acids is 2. The summed E-state index contributed by atoms with van der Waals surface area (Å²) < 4.78 is 4.37. The molecule has 1 rings (SSSR count). The quantitative estimate of drug-likeness (QED) is 0.705. The van der Waals surface area contributed by atoms with Crippen molar-refractivity contribution in [3.8, 4) is 0 Å². The van der Waals surface area contributed by atoms with Crippen LogP contribution >= 0.6 is 0 Å². The normalized spacial score (nSPS) is 9.58. The van der Waals surface area contributed by atoms with E-state index in [-0.39, 0.29) is 12.1 Å². The number of amides is 2. The van der Waals surface area contributed by atoms with Gasteiger partial charge in [0.25, 0.3) is 0 Å². The van der Waals surface area contributed by atoms with Crippen molar-refractivity contribution in [3.05, 3.63) is 29.3 Å². The Labute approximate surface area is 109 Å². The summed E-state index contributed by atoms with van der Waals surface area (Å²) in [5, 5.41) is 13.6. The molecule has 0 bridgehead atoms. The number of nitrogens with one attached hydrogen (secondary N) is 2. The first-order valence-electron chi connectivity index (χ1n) is 5.39. The van der Waals surface area contributed by atoms with Crippen molar-refractivity contribution in [2.75, 3.05) is 19.0 Å². The monoisotopic (exact) mass is 266 g/mol. The van der Waals surface area contributed by atoms with Gasteiger partial charge in [-0.1, -0.05) is 0 Å². The van der Waals surface area contributed by atoms with Crippen LogP contribution in [0.3, 0.4) is 0 Å². The van der Waals surface area contributed by atoms with Crippen LogP contribution in [-0.4, -0.2) is 36.7 Å². The fourth-order valence-electron chi connectivity index (χ4n) is 1.38. The van der Waals surface area contributed by atoms with E-state index in [0.717, 1.165) is 0 Å². The third-order valence-electron chi connectivity index (χ3n) is 2.34. The van der Waals surface area contributed by atoms with Crippen LogP contribution in [0.5, 0.6) is 0 Å². The molecule has 0 radical (unpaired) electrons. The number of carboxylic acid groups (broad SMARTS) is 1. The molecule has 0 heterocycles. The van der Waals surface area contributed by atoms with E-state index in [1.54, 1.807) is 6.92 Å². The van der Waals surface area contributed by atoms with E-state index in [1.165, 1.54) is 25.3 Å². The first kappa shape index (κ1) is 14.5. The molecule has 7 heteroatoms. The molecule has 0 fully saturated rings. The van der Waals surface area contributed by atoms with Gasteiger partial charge in [0, 0.05) is 5.69 Å². The molecule has 19 heavy (non-hydrogen) atoms. The van der Waals surface area contributed by atoms with Crippen LogP contribution in [0.2, 0.25) is 0 Å². The van der Waals surface area contributed by atoms with Crippen LogP contribution in [0.15, 0.2) is 18.2 Å². The highest BCUT2D eigenvalue weighted by Gasteiger charge is 2.09. The second-order valence-corrected chi connectivity index (χ2v) is 3.72. The molecule has 0 aromatic heterocycles. The second kappa shape index (κ2) is 6.39. The van der Waals surface area contributed by atoms with Gasteiger partial charge in [-0.05, 0) is 30.7 Å². The number of anilines is 1. The number of aryl methyl sites for hydroxylation is 1. The highest BCUT2D eigenvalue weighted by molar-refractivity contribution is 5.93. The lowest BCUT2D eigenvalue weighted by molar-refractivity contribution is -0.139. The Kier molecular flexibility index (Phi) is 4.87. The highest BCUT2D eigenvalue weighted by atomic mass is 16.5. The molecule has 3 N–H and O–H groups in total. The summed E-state index contributed by atoms with van der Waals surface area (Å²) in [5.74, 6) is -1.59. The number of carboxylic acids is 1. The third-order valence-corrected chi connectivity index (χ3v) is 2.34. The summed E-state index contributed by atoms with van der Waals surface area (Å²) in [6.07, 6.45) is 0. The fraction of sp³-hybridized carbons (Fsp3) is 0.250. The molecule has 0 atom stereocenters. The molecule has 0 saturated carbocycles. The SMILES string of the molecule is COC(=O)CNC(=O)Nc1ccc(C(=O)O)c(C)c1. The number of esters is 1. The maximum absolute atomic E-state index is 11.4. The predicted molar refractivity (Wildman–Crippen MR) is 67.2 cm³/mol. The summed E-state index contributed by atoms with van der Waals surface area (Å²) in [6, 6.07) is 3.82. The molecule has 0 aliphatic carbocycles. The molecular formula is C12H14N2O5. The van der Waals surface area contributed by atoms with Crippen molar-refractivity contribution in [2.24, 2.45) is 0 Å². The van der Waals surface area contributed by atoms with Crippen LogP contribution in [0.25, 0.3) is 0 Å². The van der Waals surface area contributed by atoms with Crippen LogP contribution in [0.1, 0.15) is 15.9 Å². The Morgan fingerprint density at radius 3 is 2.53 bits per heavy atom. The lowest BCUT2D eigenvalue weighted by atomic mass is 10.1.